The van der Waals surface area contributed by atoms with Crippen LogP contribution in [0.1, 0.15) is 24.8 Å². The Morgan fingerprint density at radius 3 is 2.90 bits per heavy atom. The molecule has 1 saturated carbocycles. The molecule has 1 atom stereocenters. The first kappa shape index (κ1) is 15.3. The zero-order valence-electron chi connectivity index (χ0n) is 11.7. The molecule has 0 bridgehead atoms. The summed E-state index contributed by atoms with van der Waals surface area (Å²) in [7, 11) is 0. The molecule has 0 spiro atoms. The number of hydrogen-bond acceptors (Lipinski definition) is 3. The molecule has 0 aliphatic heterocycles. The van der Waals surface area contributed by atoms with Gasteiger partial charge in [0.05, 0.1) is 17.5 Å². The molecule has 1 aromatic carbocycles. The lowest BCUT2D eigenvalue weighted by atomic mass is 10.2. The molecule has 1 aliphatic rings. The number of nitrogens with one attached hydrogen (secondary N) is 1. The molecule has 1 aromatic rings. The second-order valence-electron chi connectivity index (χ2n) is 5.28. The van der Waals surface area contributed by atoms with Crippen LogP contribution < -0.4 is 15.8 Å². The second-order valence-corrected chi connectivity index (χ2v) is 6.13. The zero-order valence-corrected chi connectivity index (χ0v) is 13.3. The van der Waals surface area contributed by atoms with Gasteiger partial charge in [-0.25, -0.2) is 0 Å². The Morgan fingerprint density at radius 1 is 1.55 bits per heavy atom. The number of carbonyl (C=O) groups excluding carboxylic acids is 1. The third kappa shape index (κ3) is 4.49. The summed E-state index contributed by atoms with van der Waals surface area (Å²) in [5.74, 6) is 1.35. The van der Waals surface area contributed by atoms with Crippen LogP contribution in [0.5, 0.6) is 5.75 Å². The topological polar surface area (TPSA) is 64.3 Å². The summed E-state index contributed by atoms with van der Waals surface area (Å²) in [5, 5.41) is 2.98. The van der Waals surface area contributed by atoms with Gasteiger partial charge >= 0.3 is 0 Å². The van der Waals surface area contributed by atoms with Crippen molar-refractivity contribution in [3.63, 3.8) is 0 Å². The largest absolute Gasteiger partial charge is 0.492 e. The Bertz CT molecular complexity index is 475. The molecule has 1 fully saturated rings. The molecule has 110 valence electrons. The lowest BCUT2D eigenvalue weighted by Gasteiger charge is -2.16. The average Bonchev–Trinajstić information content (AvgIpc) is 3.23. The number of hydrogen-bond donors (Lipinski definition) is 2. The predicted molar refractivity (Wildman–Crippen MR) is 82.7 cm³/mol. The Kier molecular flexibility index (Phi) is 5.43. The third-order valence-electron chi connectivity index (χ3n) is 3.47. The van der Waals surface area contributed by atoms with Crippen molar-refractivity contribution in [3.8, 4) is 5.75 Å². The highest BCUT2D eigenvalue weighted by Crippen LogP contribution is 2.32. The standard InChI is InChI=1S/C15H21BrN2O2/c1-10-2-5-14(12(16)8-10)20-7-6-15(19)18-13(9-17)11-3-4-11/h2,5,8,11,13H,3-4,6-7,9,17H2,1H3,(H,18,19). The Labute approximate surface area is 128 Å². The first-order chi connectivity index (χ1) is 9.60. The number of benzene rings is 1. The molecular weight excluding hydrogens is 320 g/mol. The lowest BCUT2D eigenvalue weighted by Crippen LogP contribution is -2.42. The molecule has 4 nitrogen and oxygen atoms in total. The Hall–Kier alpha value is -1.07. The number of nitrogens with two attached hydrogens (primary N) is 1. The van der Waals surface area contributed by atoms with E-state index in [9.17, 15) is 4.79 Å². The predicted octanol–water partition coefficient (Wildman–Crippen LogP) is 2.38. The number of carbonyl (C=O) groups is 1. The van der Waals surface area contributed by atoms with Crippen molar-refractivity contribution in [3.05, 3.63) is 28.2 Å². The lowest BCUT2D eigenvalue weighted by molar-refractivity contribution is -0.122. The smallest absolute Gasteiger partial charge is 0.223 e. The van der Waals surface area contributed by atoms with Crippen molar-refractivity contribution in [1.29, 1.82) is 0 Å². The maximum absolute atomic E-state index is 11.8. The summed E-state index contributed by atoms with van der Waals surface area (Å²) in [6.07, 6.45) is 2.70. The molecule has 2 rings (SSSR count). The van der Waals surface area contributed by atoms with Crippen LogP contribution in [0.4, 0.5) is 0 Å². The van der Waals surface area contributed by atoms with E-state index in [0.29, 0.717) is 25.5 Å². The summed E-state index contributed by atoms with van der Waals surface area (Å²) >= 11 is 3.45. The van der Waals surface area contributed by atoms with Crippen molar-refractivity contribution in [2.75, 3.05) is 13.2 Å². The number of rotatable bonds is 7. The van der Waals surface area contributed by atoms with Gasteiger partial charge in [0.25, 0.3) is 0 Å². The Morgan fingerprint density at radius 2 is 2.30 bits per heavy atom. The number of aryl methyl sites for hydroxylation is 1. The van der Waals surface area contributed by atoms with Crippen LogP contribution in [0.3, 0.4) is 0 Å². The first-order valence-corrected chi connectivity index (χ1v) is 7.78. The highest BCUT2D eigenvalue weighted by atomic mass is 79.9. The molecule has 1 amide bonds. The molecule has 1 aliphatic carbocycles. The highest BCUT2D eigenvalue weighted by Gasteiger charge is 2.31. The fourth-order valence-electron chi connectivity index (χ4n) is 2.12. The van der Waals surface area contributed by atoms with Crippen LogP contribution in [0, 0.1) is 12.8 Å². The molecule has 0 saturated heterocycles. The summed E-state index contributed by atoms with van der Waals surface area (Å²) in [6, 6.07) is 6.02. The van der Waals surface area contributed by atoms with Gasteiger partial charge in [0.1, 0.15) is 5.75 Å². The van der Waals surface area contributed by atoms with Gasteiger partial charge in [0, 0.05) is 12.6 Å². The van der Waals surface area contributed by atoms with Crippen molar-refractivity contribution < 1.29 is 9.53 Å². The minimum atomic E-state index is 0.00980. The summed E-state index contributed by atoms with van der Waals surface area (Å²) in [6.45, 7) is 2.91. The van der Waals surface area contributed by atoms with Crippen LogP contribution in [0.15, 0.2) is 22.7 Å². The normalized spacial score (nSPS) is 15.8. The fraction of sp³-hybridized carbons (Fsp3) is 0.533. The van der Waals surface area contributed by atoms with E-state index in [1.807, 2.05) is 25.1 Å². The summed E-state index contributed by atoms with van der Waals surface area (Å²) in [4.78, 5) is 11.8. The van der Waals surface area contributed by atoms with Crippen LogP contribution in [0.25, 0.3) is 0 Å². The average molecular weight is 341 g/mol. The van der Waals surface area contributed by atoms with Gasteiger partial charge in [0.2, 0.25) is 5.91 Å². The van der Waals surface area contributed by atoms with Crippen LogP contribution in [0.2, 0.25) is 0 Å². The van der Waals surface area contributed by atoms with Crippen LogP contribution in [-0.4, -0.2) is 25.1 Å². The molecule has 0 radical (unpaired) electrons. The van der Waals surface area contributed by atoms with Gasteiger partial charge in [0.15, 0.2) is 0 Å². The second kappa shape index (κ2) is 7.09. The molecular formula is C15H21BrN2O2. The molecule has 0 heterocycles. The molecule has 0 aromatic heterocycles. The SMILES string of the molecule is Cc1ccc(OCCC(=O)NC(CN)C2CC2)c(Br)c1. The third-order valence-corrected chi connectivity index (χ3v) is 4.09. The van der Waals surface area contributed by atoms with Gasteiger partial charge in [-0.15, -0.1) is 0 Å². The van der Waals surface area contributed by atoms with Gasteiger partial charge in [-0.1, -0.05) is 6.07 Å². The van der Waals surface area contributed by atoms with Crippen LogP contribution in [-0.2, 0) is 4.79 Å². The monoisotopic (exact) mass is 340 g/mol. The number of halogens is 1. The van der Waals surface area contributed by atoms with E-state index in [1.54, 1.807) is 0 Å². The van der Waals surface area contributed by atoms with E-state index in [0.717, 1.165) is 15.8 Å². The van der Waals surface area contributed by atoms with Crippen molar-refractivity contribution in [1.82, 2.24) is 5.32 Å². The minimum Gasteiger partial charge on any atom is -0.492 e. The van der Waals surface area contributed by atoms with Crippen molar-refractivity contribution in [2.45, 2.75) is 32.2 Å². The number of ether oxygens (including phenoxy) is 1. The van der Waals surface area contributed by atoms with Crippen LogP contribution >= 0.6 is 15.9 Å². The maximum Gasteiger partial charge on any atom is 0.223 e. The van der Waals surface area contributed by atoms with E-state index in [1.165, 1.54) is 12.8 Å². The highest BCUT2D eigenvalue weighted by molar-refractivity contribution is 9.10. The molecule has 3 N–H and O–H groups in total. The van der Waals surface area contributed by atoms with E-state index < -0.39 is 0 Å². The van der Waals surface area contributed by atoms with Crippen molar-refractivity contribution in [2.24, 2.45) is 11.7 Å². The minimum absolute atomic E-state index is 0.00980. The fourth-order valence-corrected chi connectivity index (χ4v) is 2.73. The Balaban J connectivity index is 1.73. The zero-order chi connectivity index (χ0) is 14.5. The summed E-state index contributed by atoms with van der Waals surface area (Å²) < 4.78 is 6.53. The van der Waals surface area contributed by atoms with E-state index >= 15 is 0 Å². The van der Waals surface area contributed by atoms with Gasteiger partial charge in [-0.2, -0.15) is 0 Å². The van der Waals surface area contributed by atoms with Gasteiger partial charge in [-0.3, -0.25) is 4.79 Å². The molecule has 5 heteroatoms. The first-order valence-electron chi connectivity index (χ1n) is 6.98. The maximum atomic E-state index is 11.8. The van der Waals surface area contributed by atoms with Gasteiger partial charge in [-0.05, 0) is 59.3 Å². The van der Waals surface area contributed by atoms with Gasteiger partial charge < -0.3 is 15.8 Å². The molecule has 20 heavy (non-hydrogen) atoms. The van der Waals surface area contributed by atoms with E-state index in [-0.39, 0.29) is 11.9 Å². The quantitative estimate of drug-likeness (QED) is 0.800. The summed E-state index contributed by atoms with van der Waals surface area (Å²) in [5.41, 5.74) is 6.83. The van der Waals surface area contributed by atoms with E-state index in [4.69, 9.17) is 10.5 Å². The molecule has 1 unspecified atom stereocenters. The van der Waals surface area contributed by atoms with E-state index in [2.05, 4.69) is 21.2 Å². The number of amides is 1. The van der Waals surface area contributed by atoms with Crippen molar-refractivity contribution >= 4 is 21.8 Å².